The Balaban J connectivity index is 2.59. The lowest BCUT2D eigenvalue weighted by Crippen LogP contribution is -1.97. The van der Waals surface area contributed by atoms with Crippen molar-refractivity contribution in [3.63, 3.8) is 0 Å². The third kappa shape index (κ3) is 2.15. The summed E-state index contributed by atoms with van der Waals surface area (Å²) in [6.45, 7) is 2.22. The molecule has 0 aliphatic rings. The van der Waals surface area contributed by atoms with Gasteiger partial charge in [-0.1, -0.05) is 5.92 Å². The summed E-state index contributed by atoms with van der Waals surface area (Å²) in [4.78, 5) is 10.3. The van der Waals surface area contributed by atoms with E-state index in [1.54, 1.807) is 17.7 Å². The predicted molar refractivity (Wildman–Crippen MR) is 67.5 cm³/mol. The maximum absolute atomic E-state index is 10.7. The Labute approximate surface area is 106 Å². The fraction of sp³-hybridized carbons (Fsp3) is 0.182. The predicted octanol–water partition coefficient (Wildman–Crippen LogP) is 2.73. The minimum Gasteiger partial charge on any atom is -0.258 e. The average Bonchev–Trinajstić information content (AvgIpc) is 2.63. The number of halogens is 1. The van der Waals surface area contributed by atoms with Crippen LogP contribution in [0, 0.1) is 22.0 Å². The molecule has 0 saturated heterocycles. The summed E-state index contributed by atoms with van der Waals surface area (Å²) >= 11 is 3.29. The monoisotopic (exact) mass is 293 g/mol. The molecule has 0 bridgehead atoms. The van der Waals surface area contributed by atoms with E-state index in [1.807, 2.05) is 0 Å². The zero-order valence-electron chi connectivity index (χ0n) is 8.98. The molecule has 5 nitrogen and oxygen atoms in total. The summed E-state index contributed by atoms with van der Waals surface area (Å²) in [5.74, 6) is 5.69. The highest BCUT2D eigenvalue weighted by Gasteiger charge is 2.12. The Morgan fingerprint density at radius 2 is 2.35 bits per heavy atom. The van der Waals surface area contributed by atoms with Crippen LogP contribution >= 0.6 is 15.9 Å². The number of nitro benzene ring substituents is 1. The van der Waals surface area contributed by atoms with Crippen molar-refractivity contribution in [3.05, 3.63) is 32.9 Å². The number of non-ortho nitro benzene ring substituents is 1. The summed E-state index contributed by atoms with van der Waals surface area (Å²) in [5, 5.41) is 15.6. The zero-order valence-corrected chi connectivity index (χ0v) is 10.6. The van der Waals surface area contributed by atoms with Gasteiger partial charge < -0.3 is 0 Å². The van der Waals surface area contributed by atoms with Gasteiger partial charge in [-0.05, 0) is 28.9 Å². The topological polar surface area (TPSA) is 61.0 Å². The van der Waals surface area contributed by atoms with Crippen LogP contribution in [0.3, 0.4) is 0 Å². The third-order valence-corrected chi connectivity index (χ3v) is 2.89. The van der Waals surface area contributed by atoms with Gasteiger partial charge >= 0.3 is 0 Å². The van der Waals surface area contributed by atoms with E-state index in [1.165, 1.54) is 12.1 Å². The van der Waals surface area contributed by atoms with Crippen molar-refractivity contribution in [2.24, 2.45) is 0 Å². The number of nitrogens with zero attached hydrogens (tertiary/aromatic N) is 3. The summed E-state index contributed by atoms with van der Waals surface area (Å²) < 4.78 is 2.30. The number of fused-ring (bicyclic) bond motifs is 1. The van der Waals surface area contributed by atoms with Crippen molar-refractivity contribution in [2.75, 3.05) is 0 Å². The van der Waals surface area contributed by atoms with Gasteiger partial charge in [-0.15, -0.1) is 5.92 Å². The minimum absolute atomic E-state index is 0.0549. The number of benzene rings is 1. The molecule has 0 amide bonds. The van der Waals surface area contributed by atoms with Gasteiger partial charge in [0.05, 0.1) is 10.4 Å². The molecule has 1 aromatic heterocycles. The fourth-order valence-corrected chi connectivity index (χ4v) is 2.03. The molecular formula is C11H8BrN3O2. The molecule has 86 valence electrons. The van der Waals surface area contributed by atoms with Crippen LogP contribution in [0.25, 0.3) is 10.9 Å². The number of nitro groups is 1. The summed E-state index contributed by atoms with van der Waals surface area (Å²) in [7, 11) is 0. The summed E-state index contributed by atoms with van der Waals surface area (Å²) in [5.41, 5.74) is 0.879. The van der Waals surface area contributed by atoms with E-state index in [4.69, 9.17) is 0 Å². The lowest BCUT2D eigenvalue weighted by Gasteiger charge is -1.96. The number of aromatic nitrogens is 2. The lowest BCUT2D eigenvalue weighted by molar-refractivity contribution is -0.384. The molecule has 0 atom stereocenters. The van der Waals surface area contributed by atoms with Crippen molar-refractivity contribution in [3.8, 4) is 11.8 Å². The second-order valence-corrected chi connectivity index (χ2v) is 4.08. The van der Waals surface area contributed by atoms with Gasteiger partial charge in [0.1, 0.15) is 11.1 Å². The van der Waals surface area contributed by atoms with Crippen LogP contribution in [0.1, 0.15) is 6.92 Å². The van der Waals surface area contributed by atoms with Crippen molar-refractivity contribution in [1.29, 1.82) is 0 Å². The second-order valence-electron chi connectivity index (χ2n) is 3.33. The minimum atomic E-state index is -0.422. The zero-order chi connectivity index (χ0) is 12.4. The quantitative estimate of drug-likeness (QED) is 0.486. The van der Waals surface area contributed by atoms with E-state index in [0.717, 1.165) is 10.9 Å². The smallest absolute Gasteiger partial charge is 0.258 e. The molecule has 0 N–H and O–H groups in total. The van der Waals surface area contributed by atoms with E-state index in [9.17, 15) is 10.1 Å². The van der Waals surface area contributed by atoms with Crippen LogP contribution in [0.4, 0.5) is 5.69 Å². The molecule has 0 fully saturated rings. The van der Waals surface area contributed by atoms with E-state index in [0.29, 0.717) is 11.1 Å². The standard InChI is InChI=1S/C11H8BrN3O2/c1-2-3-6-14-10-5-4-8(15(16)17)7-9(10)11(12)13-14/h4-5,7H,6H2,1H3. The molecule has 1 heterocycles. The maximum atomic E-state index is 10.7. The highest BCUT2D eigenvalue weighted by atomic mass is 79.9. The Kier molecular flexibility index (Phi) is 3.11. The maximum Gasteiger partial charge on any atom is 0.270 e. The third-order valence-electron chi connectivity index (χ3n) is 2.31. The van der Waals surface area contributed by atoms with Gasteiger partial charge in [0.25, 0.3) is 5.69 Å². The number of hydrogen-bond donors (Lipinski definition) is 0. The molecule has 17 heavy (non-hydrogen) atoms. The first kappa shape index (κ1) is 11.6. The van der Waals surface area contributed by atoms with Crippen LogP contribution < -0.4 is 0 Å². The SMILES string of the molecule is CC#CCn1nc(Br)c2cc([N+](=O)[O-])ccc21. The van der Waals surface area contributed by atoms with E-state index < -0.39 is 4.92 Å². The molecule has 6 heteroatoms. The Hall–Kier alpha value is -1.87. The van der Waals surface area contributed by atoms with Crippen LogP contribution in [-0.2, 0) is 6.54 Å². The molecule has 0 aliphatic carbocycles. The van der Waals surface area contributed by atoms with Crippen LogP contribution in [0.2, 0.25) is 0 Å². The first-order valence-corrected chi connectivity index (χ1v) is 5.63. The van der Waals surface area contributed by atoms with E-state index >= 15 is 0 Å². The molecular weight excluding hydrogens is 286 g/mol. The van der Waals surface area contributed by atoms with E-state index in [2.05, 4.69) is 32.9 Å². The first-order valence-electron chi connectivity index (χ1n) is 4.83. The molecule has 0 spiro atoms. The second kappa shape index (κ2) is 4.55. The van der Waals surface area contributed by atoms with Crippen molar-refractivity contribution in [1.82, 2.24) is 9.78 Å². The van der Waals surface area contributed by atoms with Crippen molar-refractivity contribution >= 4 is 32.5 Å². The lowest BCUT2D eigenvalue weighted by atomic mass is 10.2. The highest BCUT2D eigenvalue weighted by molar-refractivity contribution is 9.10. The molecule has 0 radical (unpaired) electrons. The van der Waals surface area contributed by atoms with Crippen LogP contribution in [0.5, 0.6) is 0 Å². The summed E-state index contributed by atoms with van der Waals surface area (Å²) in [6, 6.07) is 4.65. The molecule has 1 aromatic carbocycles. The Bertz CT molecular complexity index is 652. The van der Waals surface area contributed by atoms with Gasteiger partial charge in [0.2, 0.25) is 0 Å². The Morgan fingerprint density at radius 3 is 3.00 bits per heavy atom. The van der Waals surface area contributed by atoms with Gasteiger partial charge in [-0.2, -0.15) is 5.10 Å². The van der Waals surface area contributed by atoms with Crippen LogP contribution in [-0.4, -0.2) is 14.7 Å². The fourth-order valence-electron chi connectivity index (χ4n) is 1.52. The van der Waals surface area contributed by atoms with Gasteiger partial charge in [-0.25, -0.2) is 0 Å². The molecule has 0 unspecified atom stereocenters. The Morgan fingerprint density at radius 1 is 1.59 bits per heavy atom. The molecule has 2 rings (SSSR count). The first-order chi connectivity index (χ1) is 8.13. The number of hydrogen-bond acceptors (Lipinski definition) is 3. The normalized spacial score (nSPS) is 10.0. The van der Waals surface area contributed by atoms with Gasteiger partial charge in [-0.3, -0.25) is 14.8 Å². The molecule has 2 aromatic rings. The van der Waals surface area contributed by atoms with E-state index in [-0.39, 0.29) is 5.69 Å². The van der Waals surface area contributed by atoms with Crippen molar-refractivity contribution in [2.45, 2.75) is 13.5 Å². The largest absolute Gasteiger partial charge is 0.270 e. The summed E-state index contributed by atoms with van der Waals surface area (Å²) in [6.07, 6.45) is 0. The highest BCUT2D eigenvalue weighted by Crippen LogP contribution is 2.27. The van der Waals surface area contributed by atoms with Gasteiger partial charge in [0, 0.05) is 17.5 Å². The molecule has 0 aliphatic heterocycles. The van der Waals surface area contributed by atoms with Crippen molar-refractivity contribution < 1.29 is 4.92 Å². The average molecular weight is 294 g/mol. The van der Waals surface area contributed by atoms with Gasteiger partial charge in [0.15, 0.2) is 0 Å². The van der Waals surface area contributed by atoms with Crippen LogP contribution in [0.15, 0.2) is 22.8 Å². The molecule has 0 saturated carbocycles. The number of rotatable bonds is 2.